The Balaban J connectivity index is 2.09. The summed E-state index contributed by atoms with van der Waals surface area (Å²) in [6.07, 6.45) is -6.96. The largest absolute Gasteiger partial charge is 0.462 e. The Hall–Kier alpha value is -2.96. The molecule has 1 aliphatic carbocycles. The Bertz CT molecular complexity index is 1210. The van der Waals surface area contributed by atoms with Crippen LogP contribution in [0.1, 0.15) is 54.4 Å². The van der Waals surface area contributed by atoms with E-state index in [1.807, 2.05) is 0 Å². The molecule has 0 radical (unpaired) electrons. The summed E-state index contributed by atoms with van der Waals surface area (Å²) in [5, 5.41) is 10.9. The molecule has 0 aromatic heterocycles. The van der Waals surface area contributed by atoms with Crippen molar-refractivity contribution in [3.8, 4) is 0 Å². The molecule has 1 saturated carbocycles. The Morgan fingerprint density at radius 3 is 2.02 bits per heavy atom. The van der Waals surface area contributed by atoms with Gasteiger partial charge in [0.25, 0.3) is 0 Å². The maximum Gasteiger partial charge on any atom is 0.312 e. The van der Waals surface area contributed by atoms with Crippen LogP contribution in [-0.2, 0) is 52.4 Å². The summed E-state index contributed by atoms with van der Waals surface area (Å²) in [7, 11) is 0. The molecule has 4 rings (SSSR count). The minimum Gasteiger partial charge on any atom is -0.462 e. The lowest BCUT2D eigenvalue weighted by atomic mass is 9.52. The van der Waals surface area contributed by atoms with Crippen LogP contribution < -0.4 is 0 Å². The van der Waals surface area contributed by atoms with Crippen molar-refractivity contribution < 1.29 is 57.5 Å². The zero-order valence-electron chi connectivity index (χ0n) is 23.8. The maximum atomic E-state index is 13.1. The van der Waals surface area contributed by atoms with Crippen molar-refractivity contribution in [2.75, 3.05) is 0 Å². The molecule has 0 aromatic carbocycles. The fourth-order valence-electron chi connectivity index (χ4n) is 7.15. The highest BCUT2D eigenvalue weighted by Crippen LogP contribution is 2.62. The number of hydrogen-bond donors (Lipinski definition) is 1. The number of ether oxygens (including phenoxy) is 6. The van der Waals surface area contributed by atoms with E-state index in [0.717, 1.165) is 20.8 Å². The lowest BCUT2D eigenvalue weighted by Crippen LogP contribution is -2.76. The van der Waals surface area contributed by atoms with Gasteiger partial charge in [-0.2, -0.15) is 0 Å². The molecule has 13 heteroatoms. The van der Waals surface area contributed by atoms with Gasteiger partial charge in [0.1, 0.15) is 24.4 Å². The van der Waals surface area contributed by atoms with E-state index in [2.05, 4.69) is 13.2 Å². The zero-order valence-corrected chi connectivity index (χ0v) is 24.5. The van der Waals surface area contributed by atoms with Crippen LogP contribution in [0.4, 0.5) is 0 Å². The van der Waals surface area contributed by atoms with Crippen LogP contribution >= 0.6 is 11.6 Å². The van der Waals surface area contributed by atoms with E-state index in [0.29, 0.717) is 5.57 Å². The van der Waals surface area contributed by atoms with Crippen LogP contribution in [-0.4, -0.2) is 82.2 Å². The van der Waals surface area contributed by atoms with Gasteiger partial charge in [-0.05, 0) is 6.92 Å². The van der Waals surface area contributed by atoms with Gasteiger partial charge in [0.05, 0.1) is 16.7 Å². The lowest BCUT2D eigenvalue weighted by molar-refractivity contribution is -0.347. The molecule has 4 aliphatic rings. The van der Waals surface area contributed by atoms with Gasteiger partial charge >= 0.3 is 29.8 Å². The fraction of sp³-hybridized carbons (Fsp3) is 0.679. The second kappa shape index (κ2) is 10.4. The predicted octanol–water partition coefficient (Wildman–Crippen LogP) is 1.88. The van der Waals surface area contributed by atoms with E-state index in [1.54, 1.807) is 6.92 Å². The highest BCUT2D eigenvalue weighted by molar-refractivity contribution is 6.23. The van der Waals surface area contributed by atoms with Crippen LogP contribution in [0.25, 0.3) is 0 Å². The molecule has 3 aliphatic heterocycles. The standard InChI is InChI=1S/C28H35ClO12/c1-11-9-18(36-14(4)30)22(38-16(6)32)26(8)19(37-15(5)31)10-27(35)12(2)21(29)24-28(41-27,13(3)25(34)40-24)23(20(11)26)39-17(7)33/h13,18-24,35H,1-2,9-10H2,3-8H3/t13?,18-,19-,20+,21-,22-,23-,24-,26+,27-,28+/m0/s1. The third kappa shape index (κ3) is 4.73. The predicted molar refractivity (Wildman–Crippen MR) is 139 cm³/mol. The highest BCUT2D eigenvalue weighted by Gasteiger charge is 2.77. The SMILES string of the molecule is C=C1C[C@H](OC(C)=O)[C@H](OC(C)=O)[C@]2(C)[C@@H](OC(C)=O)C[C@]3(O)O[C@]4(C(C)C(=O)O[C@H]4[C@@H](Cl)C3=C)[C@@H](OC(C)=O)[C@@H]12. The quantitative estimate of drug-likeness (QED) is 0.217. The molecule has 1 spiro atoms. The number of rotatable bonds is 4. The minimum atomic E-state index is -2.34. The van der Waals surface area contributed by atoms with Gasteiger partial charge in [-0.1, -0.05) is 25.7 Å². The van der Waals surface area contributed by atoms with Crippen molar-refractivity contribution in [3.63, 3.8) is 0 Å². The van der Waals surface area contributed by atoms with E-state index < -0.39 is 101 Å². The first-order valence-corrected chi connectivity index (χ1v) is 13.7. The van der Waals surface area contributed by atoms with Gasteiger partial charge < -0.3 is 33.5 Å². The second-order valence-corrected chi connectivity index (χ2v) is 11.9. The van der Waals surface area contributed by atoms with E-state index in [1.165, 1.54) is 13.8 Å². The minimum absolute atomic E-state index is 0.0481. The molecule has 41 heavy (non-hydrogen) atoms. The lowest BCUT2D eigenvalue weighted by Gasteiger charge is -2.62. The molecule has 3 saturated heterocycles. The third-order valence-corrected chi connectivity index (χ3v) is 9.30. The van der Waals surface area contributed by atoms with Crippen LogP contribution in [0.5, 0.6) is 0 Å². The molecule has 1 unspecified atom stereocenters. The number of esters is 5. The molecule has 0 amide bonds. The summed E-state index contributed by atoms with van der Waals surface area (Å²) in [5.74, 6) is -8.19. The summed E-state index contributed by atoms with van der Waals surface area (Å²) in [4.78, 5) is 62.9. The summed E-state index contributed by atoms with van der Waals surface area (Å²) >= 11 is 6.78. The Kier molecular flexibility index (Phi) is 7.85. The van der Waals surface area contributed by atoms with Gasteiger partial charge in [-0.25, -0.2) is 0 Å². The normalized spacial score (nSPS) is 43.4. The summed E-state index contributed by atoms with van der Waals surface area (Å²) in [6.45, 7) is 15.9. The molecule has 0 aromatic rings. The monoisotopic (exact) mass is 598 g/mol. The first-order chi connectivity index (χ1) is 18.9. The van der Waals surface area contributed by atoms with Crippen LogP contribution in [0, 0.1) is 17.3 Å². The van der Waals surface area contributed by atoms with Crippen molar-refractivity contribution in [3.05, 3.63) is 24.3 Å². The van der Waals surface area contributed by atoms with E-state index in [9.17, 15) is 29.1 Å². The van der Waals surface area contributed by atoms with E-state index >= 15 is 0 Å². The molecular formula is C28H35ClO12. The Labute approximate surface area is 242 Å². The second-order valence-electron chi connectivity index (χ2n) is 11.5. The van der Waals surface area contributed by atoms with Gasteiger partial charge in [0.15, 0.2) is 17.5 Å². The van der Waals surface area contributed by atoms with Crippen molar-refractivity contribution in [2.45, 2.75) is 102 Å². The van der Waals surface area contributed by atoms with Crippen LogP contribution in [0.2, 0.25) is 0 Å². The molecule has 226 valence electrons. The summed E-state index contributed by atoms with van der Waals surface area (Å²) in [5.41, 5.74) is -3.20. The van der Waals surface area contributed by atoms with Crippen LogP contribution in [0.3, 0.4) is 0 Å². The van der Waals surface area contributed by atoms with Crippen molar-refractivity contribution in [1.82, 2.24) is 0 Å². The van der Waals surface area contributed by atoms with Gasteiger partial charge in [0.2, 0.25) is 0 Å². The zero-order chi connectivity index (χ0) is 30.8. The van der Waals surface area contributed by atoms with Crippen molar-refractivity contribution >= 4 is 41.4 Å². The number of carbonyl (C=O) groups excluding carboxylic acids is 5. The fourth-order valence-corrected chi connectivity index (χ4v) is 7.57. The van der Waals surface area contributed by atoms with Crippen LogP contribution in [0.15, 0.2) is 24.3 Å². The van der Waals surface area contributed by atoms with E-state index in [4.69, 9.17) is 40.0 Å². The van der Waals surface area contributed by atoms with Gasteiger partial charge in [0, 0.05) is 52.0 Å². The number of carbonyl (C=O) groups is 5. The first-order valence-electron chi connectivity index (χ1n) is 13.2. The highest BCUT2D eigenvalue weighted by atomic mass is 35.5. The van der Waals surface area contributed by atoms with Crippen molar-refractivity contribution in [1.29, 1.82) is 0 Å². The number of alkyl halides is 1. The molecule has 12 nitrogen and oxygen atoms in total. The molecule has 2 bridgehead atoms. The average molecular weight is 599 g/mol. The molecule has 11 atom stereocenters. The smallest absolute Gasteiger partial charge is 0.312 e. The number of fused-ring (bicyclic) bond motifs is 2. The first kappa shape index (κ1) is 31.0. The molecule has 3 heterocycles. The summed E-state index contributed by atoms with van der Waals surface area (Å²) in [6, 6.07) is 0. The average Bonchev–Trinajstić information content (AvgIpc) is 3.08. The summed E-state index contributed by atoms with van der Waals surface area (Å²) < 4.78 is 35.2. The Morgan fingerprint density at radius 2 is 1.49 bits per heavy atom. The Morgan fingerprint density at radius 1 is 0.951 bits per heavy atom. The third-order valence-electron chi connectivity index (χ3n) is 8.80. The van der Waals surface area contributed by atoms with E-state index in [-0.39, 0.29) is 12.0 Å². The topological polar surface area (TPSA) is 161 Å². The maximum absolute atomic E-state index is 13.1. The molecule has 1 N–H and O–H groups in total. The molecule has 4 fully saturated rings. The van der Waals surface area contributed by atoms with Gasteiger partial charge in [-0.3, -0.25) is 24.0 Å². The number of halogens is 1. The van der Waals surface area contributed by atoms with Gasteiger partial charge in [-0.15, -0.1) is 11.6 Å². The number of aliphatic hydroxyl groups is 1. The molecular weight excluding hydrogens is 564 g/mol. The number of hydrogen-bond acceptors (Lipinski definition) is 12. The van der Waals surface area contributed by atoms with Crippen molar-refractivity contribution in [2.24, 2.45) is 17.3 Å².